The normalized spacial score (nSPS) is 12.3. The van der Waals surface area contributed by atoms with Gasteiger partial charge < -0.3 is 10.1 Å². The van der Waals surface area contributed by atoms with Crippen LogP contribution in [-0.4, -0.2) is 18.6 Å². The number of benzene rings is 1. The summed E-state index contributed by atoms with van der Waals surface area (Å²) in [5.74, 6) is 1.23. The van der Waals surface area contributed by atoms with Crippen molar-refractivity contribution in [3.05, 3.63) is 29.8 Å². The van der Waals surface area contributed by atoms with Crippen molar-refractivity contribution < 1.29 is 9.53 Å². The molecule has 0 aromatic heterocycles. The molecular weight excluding hydrogens is 238 g/mol. The molecule has 0 radical (unpaired) electrons. The molecule has 0 saturated heterocycles. The summed E-state index contributed by atoms with van der Waals surface area (Å²) in [7, 11) is 0. The first-order valence-corrected chi connectivity index (χ1v) is 7.08. The Bertz CT molecular complexity index is 384. The second-order valence-electron chi connectivity index (χ2n) is 5.23. The van der Waals surface area contributed by atoms with Gasteiger partial charge in [0.05, 0.1) is 6.61 Å². The summed E-state index contributed by atoms with van der Waals surface area (Å²) in [5.41, 5.74) is 0.676. The van der Waals surface area contributed by atoms with E-state index < -0.39 is 0 Å². The molecular formula is C16H25NO2. The number of hydrogen-bond acceptors (Lipinski definition) is 2. The van der Waals surface area contributed by atoms with E-state index in [0.29, 0.717) is 11.5 Å². The van der Waals surface area contributed by atoms with Crippen LogP contribution in [0.3, 0.4) is 0 Å². The molecule has 0 saturated carbocycles. The molecule has 0 fully saturated rings. The van der Waals surface area contributed by atoms with E-state index in [9.17, 15) is 4.79 Å². The van der Waals surface area contributed by atoms with E-state index in [1.807, 2.05) is 31.2 Å². The van der Waals surface area contributed by atoms with Gasteiger partial charge in [0.15, 0.2) is 0 Å². The van der Waals surface area contributed by atoms with Crippen LogP contribution >= 0.6 is 0 Å². The van der Waals surface area contributed by atoms with Crippen LogP contribution in [0.1, 0.15) is 50.9 Å². The van der Waals surface area contributed by atoms with Crippen molar-refractivity contribution in [3.63, 3.8) is 0 Å². The van der Waals surface area contributed by atoms with E-state index in [1.165, 1.54) is 0 Å². The van der Waals surface area contributed by atoms with Gasteiger partial charge in [0.1, 0.15) is 5.75 Å². The molecule has 19 heavy (non-hydrogen) atoms. The van der Waals surface area contributed by atoms with Crippen LogP contribution in [0.25, 0.3) is 0 Å². The molecule has 0 aliphatic carbocycles. The first-order valence-electron chi connectivity index (χ1n) is 7.08. The van der Waals surface area contributed by atoms with Gasteiger partial charge in [-0.2, -0.15) is 0 Å². The lowest BCUT2D eigenvalue weighted by molar-refractivity contribution is 0.0930. The smallest absolute Gasteiger partial charge is 0.251 e. The first kappa shape index (κ1) is 15.5. The Morgan fingerprint density at radius 1 is 1.21 bits per heavy atom. The highest BCUT2D eigenvalue weighted by Crippen LogP contribution is 2.13. The van der Waals surface area contributed by atoms with Gasteiger partial charge in [-0.05, 0) is 43.5 Å². The Balaban J connectivity index is 2.53. The summed E-state index contributed by atoms with van der Waals surface area (Å²) in [6.45, 7) is 9.06. The van der Waals surface area contributed by atoms with Crippen LogP contribution in [0.4, 0.5) is 0 Å². The molecule has 106 valence electrons. The Morgan fingerprint density at radius 2 is 1.84 bits per heavy atom. The molecule has 1 aromatic carbocycles. The first-order chi connectivity index (χ1) is 9.04. The maximum absolute atomic E-state index is 12.0. The van der Waals surface area contributed by atoms with Gasteiger partial charge in [-0.3, -0.25) is 4.79 Å². The van der Waals surface area contributed by atoms with Crippen molar-refractivity contribution in [2.24, 2.45) is 5.92 Å². The summed E-state index contributed by atoms with van der Waals surface area (Å²) in [5, 5.41) is 2.99. The Hall–Kier alpha value is -1.51. The van der Waals surface area contributed by atoms with Gasteiger partial charge in [0, 0.05) is 11.6 Å². The van der Waals surface area contributed by atoms with Crippen molar-refractivity contribution in [2.75, 3.05) is 6.61 Å². The highest BCUT2D eigenvalue weighted by Gasteiger charge is 2.12. The second-order valence-corrected chi connectivity index (χ2v) is 5.23. The SMILES string of the molecule is CCCCOc1ccc(C(=O)NC(C)C(C)C)cc1. The molecule has 1 aromatic rings. The van der Waals surface area contributed by atoms with E-state index in [2.05, 4.69) is 26.1 Å². The van der Waals surface area contributed by atoms with Crippen molar-refractivity contribution in [1.82, 2.24) is 5.32 Å². The lowest BCUT2D eigenvalue weighted by atomic mass is 10.1. The summed E-state index contributed by atoms with van der Waals surface area (Å²) in [4.78, 5) is 12.0. The summed E-state index contributed by atoms with van der Waals surface area (Å²) < 4.78 is 5.57. The van der Waals surface area contributed by atoms with E-state index in [4.69, 9.17) is 4.74 Å². The summed E-state index contributed by atoms with van der Waals surface area (Å²) in [6, 6.07) is 7.50. The van der Waals surface area contributed by atoms with Crippen LogP contribution in [0.5, 0.6) is 5.75 Å². The monoisotopic (exact) mass is 263 g/mol. The topological polar surface area (TPSA) is 38.3 Å². The fraction of sp³-hybridized carbons (Fsp3) is 0.562. The average Bonchev–Trinajstić information content (AvgIpc) is 2.39. The van der Waals surface area contributed by atoms with Crippen molar-refractivity contribution in [3.8, 4) is 5.75 Å². The largest absolute Gasteiger partial charge is 0.494 e. The summed E-state index contributed by atoms with van der Waals surface area (Å²) >= 11 is 0. The highest BCUT2D eigenvalue weighted by molar-refractivity contribution is 5.94. The fourth-order valence-corrected chi connectivity index (χ4v) is 1.49. The van der Waals surface area contributed by atoms with Crippen LogP contribution in [-0.2, 0) is 0 Å². The van der Waals surface area contributed by atoms with Gasteiger partial charge in [-0.25, -0.2) is 0 Å². The van der Waals surface area contributed by atoms with Gasteiger partial charge in [0.2, 0.25) is 0 Å². The molecule has 0 aliphatic heterocycles. The quantitative estimate of drug-likeness (QED) is 0.763. The van der Waals surface area contributed by atoms with Crippen molar-refractivity contribution in [1.29, 1.82) is 0 Å². The second kappa shape index (κ2) is 7.82. The zero-order valence-corrected chi connectivity index (χ0v) is 12.4. The predicted molar refractivity (Wildman–Crippen MR) is 78.6 cm³/mol. The molecule has 1 N–H and O–H groups in total. The minimum Gasteiger partial charge on any atom is -0.494 e. The number of amides is 1. The number of carbonyl (C=O) groups excluding carboxylic acids is 1. The Labute approximate surface area is 116 Å². The van der Waals surface area contributed by atoms with E-state index >= 15 is 0 Å². The molecule has 1 amide bonds. The summed E-state index contributed by atoms with van der Waals surface area (Å²) in [6.07, 6.45) is 2.17. The fourth-order valence-electron chi connectivity index (χ4n) is 1.49. The number of carbonyl (C=O) groups is 1. The molecule has 0 aliphatic rings. The van der Waals surface area contributed by atoms with Crippen LogP contribution in [0.15, 0.2) is 24.3 Å². The predicted octanol–water partition coefficient (Wildman–Crippen LogP) is 3.64. The Morgan fingerprint density at radius 3 is 2.37 bits per heavy atom. The van der Waals surface area contributed by atoms with Crippen LogP contribution < -0.4 is 10.1 Å². The molecule has 3 heteroatoms. The third kappa shape index (κ3) is 5.33. The number of hydrogen-bond donors (Lipinski definition) is 1. The van der Waals surface area contributed by atoms with E-state index in [-0.39, 0.29) is 11.9 Å². The molecule has 0 bridgehead atoms. The zero-order valence-electron chi connectivity index (χ0n) is 12.4. The number of rotatable bonds is 7. The van der Waals surface area contributed by atoms with Crippen molar-refractivity contribution >= 4 is 5.91 Å². The number of unbranched alkanes of at least 4 members (excludes halogenated alkanes) is 1. The maximum atomic E-state index is 12.0. The standard InChI is InChI=1S/C16H25NO2/c1-5-6-11-19-15-9-7-14(8-10-15)16(18)17-13(4)12(2)3/h7-10,12-13H,5-6,11H2,1-4H3,(H,17,18). The minimum absolute atomic E-state index is 0.0266. The van der Waals surface area contributed by atoms with Gasteiger partial charge in [-0.15, -0.1) is 0 Å². The molecule has 1 unspecified atom stereocenters. The van der Waals surface area contributed by atoms with Crippen LogP contribution in [0.2, 0.25) is 0 Å². The van der Waals surface area contributed by atoms with Crippen molar-refractivity contribution in [2.45, 2.75) is 46.6 Å². The third-order valence-electron chi connectivity index (χ3n) is 3.24. The lowest BCUT2D eigenvalue weighted by Gasteiger charge is -2.17. The van der Waals surface area contributed by atoms with Gasteiger partial charge in [-0.1, -0.05) is 27.2 Å². The van der Waals surface area contributed by atoms with Gasteiger partial charge >= 0.3 is 0 Å². The number of nitrogens with one attached hydrogen (secondary N) is 1. The average molecular weight is 263 g/mol. The van der Waals surface area contributed by atoms with Crippen LogP contribution in [0, 0.1) is 5.92 Å². The third-order valence-corrected chi connectivity index (χ3v) is 3.24. The lowest BCUT2D eigenvalue weighted by Crippen LogP contribution is -2.36. The maximum Gasteiger partial charge on any atom is 0.251 e. The molecule has 1 atom stereocenters. The minimum atomic E-state index is -0.0266. The molecule has 1 rings (SSSR count). The highest BCUT2D eigenvalue weighted by atomic mass is 16.5. The number of ether oxygens (including phenoxy) is 1. The van der Waals surface area contributed by atoms with E-state index in [1.54, 1.807) is 0 Å². The van der Waals surface area contributed by atoms with E-state index in [0.717, 1.165) is 25.2 Å². The molecule has 3 nitrogen and oxygen atoms in total. The zero-order chi connectivity index (χ0) is 14.3. The molecule has 0 spiro atoms. The van der Waals surface area contributed by atoms with Gasteiger partial charge in [0.25, 0.3) is 5.91 Å². The Kier molecular flexibility index (Phi) is 6.40. The molecule has 0 heterocycles.